The van der Waals surface area contributed by atoms with Crippen LogP contribution in [-0.4, -0.2) is 144 Å². The first-order valence-corrected chi connectivity index (χ1v) is 17.2. The van der Waals surface area contributed by atoms with Crippen molar-refractivity contribution in [3.05, 3.63) is 53.0 Å². The number of rotatable bonds is 8. The summed E-state index contributed by atoms with van der Waals surface area (Å²) in [5.41, 5.74) is 3.41. The second-order valence-corrected chi connectivity index (χ2v) is 13.8. The van der Waals surface area contributed by atoms with E-state index in [1.54, 1.807) is 12.1 Å². The molecule has 2 amide bonds. The summed E-state index contributed by atoms with van der Waals surface area (Å²) in [5.74, 6) is 0.0694. The first-order valence-electron chi connectivity index (χ1n) is 17.2. The fraction of sp³-hybridized carbons (Fsp3) is 0.629. The van der Waals surface area contributed by atoms with Crippen LogP contribution in [0.4, 0.5) is 14.9 Å². The van der Waals surface area contributed by atoms with Crippen molar-refractivity contribution in [1.82, 2.24) is 24.6 Å². The van der Waals surface area contributed by atoms with Gasteiger partial charge in [-0.15, -0.1) is 0 Å². The minimum absolute atomic E-state index is 0.0773. The zero-order chi connectivity index (χ0) is 33.9. The van der Waals surface area contributed by atoms with E-state index < -0.39 is 6.09 Å². The summed E-state index contributed by atoms with van der Waals surface area (Å²) < 4.78 is 31.2. The maximum atomic E-state index is 14.4. The van der Waals surface area contributed by atoms with Crippen molar-refractivity contribution in [3.63, 3.8) is 0 Å². The number of hydrogen-bond donors (Lipinski definition) is 1. The molecule has 0 unspecified atom stereocenters. The van der Waals surface area contributed by atoms with Gasteiger partial charge >= 0.3 is 6.09 Å². The van der Waals surface area contributed by atoms with E-state index in [9.17, 15) is 19.1 Å². The van der Waals surface area contributed by atoms with Crippen molar-refractivity contribution >= 4 is 17.7 Å². The molecule has 3 saturated heterocycles. The van der Waals surface area contributed by atoms with E-state index in [2.05, 4.69) is 28.5 Å². The SMILES string of the molecule is C[C@@H]1CN(CC(=O)N2c3cc(Cc4ccc(F)cc4)c(CN4CCOCC4)nc3OC[C@@H]2C)[C@@H](CN2[C@H](C)COC[C@H]2C)CN1C(=O)O. The highest BCUT2D eigenvalue weighted by atomic mass is 19.1. The zero-order valence-corrected chi connectivity index (χ0v) is 28.5. The van der Waals surface area contributed by atoms with Crippen molar-refractivity contribution in [3.8, 4) is 5.88 Å². The van der Waals surface area contributed by atoms with Gasteiger partial charge in [-0.25, -0.2) is 14.2 Å². The monoisotopic (exact) mass is 668 g/mol. The average Bonchev–Trinajstić information content (AvgIpc) is 3.05. The lowest BCUT2D eigenvalue weighted by Crippen LogP contribution is -2.65. The number of pyridine rings is 1. The Balaban J connectivity index is 1.28. The van der Waals surface area contributed by atoms with Crippen molar-refractivity contribution in [2.75, 3.05) is 77.2 Å². The first kappa shape index (κ1) is 34.5. The van der Waals surface area contributed by atoms with Gasteiger partial charge in [0.05, 0.1) is 44.7 Å². The van der Waals surface area contributed by atoms with Gasteiger partial charge in [0, 0.05) is 63.4 Å². The highest BCUT2D eigenvalue weighted by Crippen LogP contribution is 2.36. The lowest BCUT2D eigenvalue weighted by molar-refractivity contribution is -0.122. The molecule has 4 aliphatic heterocycles. The molecule has 0 bridgehead atoms. The van der Waals surface area contributed by atoms with Crippen LogP contribution in [0.25, 0.3) is 0 Å². The number of halogens is 1. The number of nitrogens with zero attached hydrogens (tertiary/aromatic N) is 6. The molecule has 2 aromatic rings. The molecule has 1 aromatic heterocycles. The summed E-state index contributed by atoms with van der Waals surface area (Å²) in [6.45, 7) is 14.8. The number of carboxylic acid groups (broad SMARTS) is 1. The molecular weight excluding hydrogens is 619 g/mol. The van der Waals surface area contributed by atoms with Crippen LogP contribution in [0.2, 0.25) is 0 Å². The molecular formula is C35H49FN6O6. The van der Waals surface area contributed by atoms with E-state index >= 15 is 0 Å². The van der Waals surface area contributed by atoms with Crippen LogP contribution in [0.5, 0.6) is 5.88 Å². The molecule has 0 saturated carbocycles. The number of carbonyl (C=O) groups is 2. The minimum Gasteiger partial charge on any atom is -0.474 e. The molecule has 12 nitrogen and oxygen atoms in total. The molecule has 6 rings (SSSR count). The number of amides is 2. The second-order valence-electron chi connectivity index (χ2n) is 13.8. The molecule has 3 fully saturated rings. The van der Waals surface area contributed by atoms with E-state index in [0.29, 0.717) is 77.2 Å². The molecule has 5 atom stereocenters. The molecule has 0 aliphatic carbocycles. The second kappa shape index (κ2) is 15.0. The number of ether oxygens (including phenoxy) is 3. The average molecular weight is 669 g/mol. The predicted molar refractivity (Wildman–Crippen MR) is 178 cm³/mol. The highest BCUT2D eigenvalue weighted by molar-refractivity contribution is 5.97. The maximum Gasteiger partial charge on any atom is 0.407 e. The number of morpholine rings is 2. The third-order valence-electron chi connectivity index (χ3n) is 10.2. The number of carbonyl (C=O) groups excluding carboxylic acids is 1. The standard InChI is InChI=1S/C35H49FN6O6/c1-23-15-39(30(17-41(23)35(44)45)16-40-24(2)20-47-21-25(40)3)19-33(43)42-26(4)22-48-34-32(42)14-28(13-27-5-7-29(36)8-6-27)31(37-34)18-38-9-11-46-12-10-38/h5-8,14,23-26,30H,9-13,15-22H2,1-4H3,(H,44,45)/t23-,24-,25-,26+,30+/m1/s1. The van der Waals surface area contributed by atoms with E-state index in [-0.39, 0.29) is 48.5 Å². The van der Waals surface area contributed by atoms with Gasteiger partial charge in [-0.3, -0.25) is 19.5 Å². The van der Waals surface area contributed by atoms with Gasteiger partial charge in [-0.2, -0.15) is 0 Å². The fourth-order valence-corrected chi connectivity index (χ4v) is 7.45. The van der Waals surface area contributed by atoms with Gasteiger partial charge < -0.3 is 29.1 Å². The fourth-order valence-electron chi connectivity index (χ4n) is 7.45. The number of anilines is 1. The number of benzene rings is 1. The largest absolute Gasteiger partial charge is 0.474 e. The topological polar surface area (TPSA) is 111 Å². The summed E-state index contributed by atoms with van der Waals surface area (Å²) >= 11 is 0. The Hall–Kier alpha value is -3.36. The third kappa shape index (κ3) is 7.76. The van der Waals surface area contributed by atoms with Crippen LogP contribution in [0.15, 0.2) is 30.3 Å². The van der Waals surface area contributed by atoms with Crippen LogP contribution in [0.3, 0.4) is 0 Å². The molecule has 1 N–H and O–H groups in total. The molecule has 0 spiro atoms. The third-order valence-corrected chi connectivity index (χ3v) is 10.2. The smallest absolute Gasteiger partial charge is 0.407 e. The van der Waals surface area contributed by atoms with E-state index in [0.717, 1.165) is 29.9 Å². The molecule has 4 aliphatic rings. The zero-order valence-electron chi connectivity index (χ0n) is 28.5. The lowest BCUT2D eigenvalue weighted by Gasteiger charge is -2.48. The Bertz CT molecular complexity index is 1430. The lowest BCUT2D eigenvalue weighted by atomic mass is 10.0. The molecule has 5 heterocycles. The van der Waals surface area contributed by atoms with E-state index in [4.69, 9.17) is 19.2 Å². The van der Waals surface area contributed by atoms with Crippen LogP contribution in [0, 0.1) is 5.82 Å². The Kier molecular flexibility index (Phi) is 10.8. The Morgan fingerprint density at radius 1 is 0.938 bits per heavy atom. The summed E-state index contributed by atoms with van der Waals surface area (Å²) in [7, 11) is 0. The molecule has 1 aromatic carbocycles. The van der Waals surface area contributed by atoms with Gasteiger partial charge in [0.25, 0.3) is 0 Å². The van der Waals surface area contributed by atoms with Gasteiger partial charge in [-0.05, 0) is 63.4 Å². The maximum absolute atomic E-state index is 14.4. The summed E-state index contributed by atoms with van der Waals surface area (Å²) in [4.78, 5) is 41.7. The van der Waals surface area contributed by atoms with Crippen LogP contribution < -0.4 is 9.64 Å². The van der Waals surface area contributed by atoms with E-state index in [1.165, 1.54) is 17.0 Å². The van der Waals surface area contributed by atoms with Gasteiger partial charge in [-0.1, -0.05) is 12.1 Å². The summed E-state index contributed by atoms with van der Waals surface area (Å²) in [6.07, 6.45) is -0.409. The first-order chi connectivity index (χ1) is 23.1. The summed E-state index contributed by atoms with van der Waals surface area (Å²) in [5, 5.41) is 9.97. The normalized spacial score (nSPS) is 27.4. The molecule has 0 radical (unpaired) electrons. The Morgan fingerprint density at radius 3 is 2.33 bits per heavy atom. The minimum atomic E-state index is -0.940. The van der Waals surface area contributed by atoms with Crippen LogP contribution >= 0.6 is 0 Å². The van der Waals surface area contributed by atoms with Gasteiger partial charge in [0.2, 0.25) is 11.8 Å². The Morgan fingerprint density at radius 2 is 1.65 bits per heavy atom. The number of aromatic nitrogens is 1. The summed E-state index contributed by atoms with van der Waals surface area (Å²) in [6, 6.07) is 8.23. The number of piperazine rings is 1. The van der Waals surface area contributed by atoms with Crippen LogP contribution in [-0.2, 0) is 27.2 Å². The van der Waals surface area contributed by atoms with Crippen molar-refractivity contribution in [2.45, 2.75) is 70.9 Å². The molecule has 13 heteroatoms. The van der Waals surface area contributed by atoms with Gasteiger partial charge in [0.15, 0.2) is 0 Å². The van der Waals surface area contributed by atoms with Crippen molar-refractivity contribution < 1.29 is 33.3 Å². The van der Waals surface area contributed by atoms with E-state index in [1.807, 2.05) is 24.8 Å². The quantitative estimate of drug-likeness (QED) is 0.451. The molecule has 48 heavy (non-hydrogen) atoms. The van der Waals surface area contributed by atoms with Crippen LogP contribution in [0.1, 0.15) is 44.5 Å². The van der Waals surface area contributed by atoms with Gasteiger partial charge in [0.1, 0.15) is 18.1 Å². The number of hydrogen-bond acceptors (Lipinski definition) is 9. The molecule has 262 valence electrons. The Labute approximate surface area is 282 Å². The highest BCUT2D eigenvalue weighted by Gasteiger charge is 2.40. The predicted octanol–water partition coefficient (Wildman–Crippen LogP) is 2.92. The number of fused-ring (bicyclic) bond motifs is 1. The van der Waals surface area contributed by atoms with Crippen molar-refractivity contribution in [2.24, 2.45) is 0 Å². The van der Waals surface area contributed by atoms with Crippen molar-refractivity contribution in [1.29, 1.82) is 0 Å².